The Bertz CT molecular complexity index is 1000. The maximum atomic E-state index is 12.7. The fourth-order valence-corrected chi connectivity index (χ4v) is 9.17. The average Bonchev–Trinajstić information content (AvgIpc) is 3.27. The first-order valence-corrected chi connectivity index (χ1v) is 29.0. The highest BCUT2D eigenvalue weighted by Crippen LogP contribution is 2.43. The summed E-state index contributed by atoms with van der Waals surface area (Å²) >= 11 is 0. The molecule has 0 saturated heterocycles. The van der Waals surface area contributed by atoms with E-state index in [2.05, 4.69) is 13.8 Å². The second-order valence-electron chi connectivity index (χ2n) is 18.8. The lowest BCUT2D eigenvalue weighted by molar-refractivity contribution is -0.161. The number of rotatable bonds is 53. The van der Waals surface area contributed by atoms with E-state index in [0.29, 0.717) is 6.42 Å². The van der Waals surface area contributed by atoms with Gasteiger partial charge in [-0.1, -0.05) is 271 Å². The number of phosphoric acid groups is 1. The molecule has 0 heterocycles. The molecule has 0 aliphatic carbocycles. The lowest BCUT2D eigenvalue weighted by Gasteiger charge is -2.19. The SMILES string of the molecule is CCCCCCCCCCCCCCCCCCCCCCCCCCCCCCC(=O)OC(COC(=O)CCCCCCCCCCCCCCCC)COP(=O)(O)OCCN. The van der Waals surface area contributed by atoms with Crippen LogP contribution in [-0.2, 0) is 32.7 Å². The zero-order valence-electron chi connectivity index (χ0n) is 41.8. The van der Waals surface area contributed by atoms with Crippen LogP contribution in [0.5, 0.6) is 0 Å². The van der Waals surface area contributed by atoms with Crippen molar-refractivity contribution in [3.8, 4) is 0 Å². The normalized spacial score (nSPS) is 13.0. The van der Waals surface area contributed by atoms with Gasteiger partial charge in [-0.15, -0.1) is 0 Å². The molecule has 0 amide bonds. The summed E-state index contributed by atoms with van der Waals surface area (Å²) < 4.78 is 33.0. The minimum Gasteiger partial charge on any atom is -0.462 e. The first kappa shape index (κ1) is 62.0. The molecule has 0 aliphatic heterocycles. The molecule has 0 aromatic heterocycles. The smallest absolute Gasteiger partial charge is 0.462 e. The van der Waals surface area contributed by atoms with E-state index in [4.69, 9.17) is 24.3 Å². The van der Waals surface area contributed by atoms with Crippen LogP contribution in [0, 0.1) is 0 Å². The lowest BCUT2D eigenvalue weighted by atomic mass is 10.0. The number of esters is 2. The number of ether oxygens (including phenoxy) is 2. The minimum absolute atomic E-state index is 0.0584. The first-order valence-electron chi connectivity index (χ1n) is 27.5. The zero-order chi connectivity index (χ0) is 46.0. The Morgan fingerprint density at radius 2 is 0.683 bits per heavy atom. The van der Waals surface area contributed by atoms with E-state index >= 15 is 0 Å². The minimum atomic E-state index is -4.37. The van der Waals surface area contributed by atoms with Crippen molar-refractivity contribution in [2.45, 2.75) is 302 Å². The van der Waals surface area contributed by atoms with Crippen LogP contribution in [0.2, 0.25) is 0 Å². The molecule has 0 bridgehead atoms. The molecule has 9 nitrogen and oxygen atoms in total. The van der Waals surface area contributed by atoms with Crippen molar-refractivity contribution in [1.82, 2.24) is 0 Å². The van der Waals surface area contributed by atoms with Crippen LogP contribution in [0.3, 0.4) is 0 Å². The van der Waals surface area contributed by atoms with Crippen LogP contribution in [-0.4, -0.2) is 49.3 Å². The van der Waals surface area contributed by atoms with Gasteiger partial charge in [0.15, 0.2) is 6.10 Å². The molecule has 0 radical (unpaired) electrons. The number of carbonyl (C=O) groups is 2. The molecule has 0 aromatic rings. The van der Waals surface area contributed by atoms with Gasteiger partial charge in [-0.05, 0) is 12.8 Å². The Morgan fingerprint density at radius 3 is 0.968 bits per heavy atom. The molecule has 0 saturated carbocycles. The zero-order valence-corrected chi connectivity index (χ0v) is 42.7. The summed E-state index contributed by atoms with van der Waals surface area (Å²) in [6.45, 7) is 3.80. The van der Waals surface area contributed by atoms with E-state index in [1.54, 1.807) is 0 Å². The van der Waals surface area contributed by atoms with Crippen LogP contribution >= 0.6 is 7.82 Å². The van der Waals surface area contributed by atoms with Crippen molar-refractivity contribution in [2.75, 3.05) is 26.4 Å². The molecule has 0 spiro atoms. The summed E-state index contributed by atoms with van der Waals surface area (Å²) in [4.78, 5) is 35.0. The van der Waals surface area contributed by atoms with Crippen molar-refractivity contribution in [3.63, 3.8) is 0 Å². The van der Waals surface area contributed by atoms with Crippen LogP contribution in [0.4, 0.5) is 0 Å². The molecule has 376 valence electrons. The van der Waals surface area contributed by atoms with Gasteiger partial charge in [0.1, 0.15) is 6.61 Å². The summed E-state index contributed by atoms with van der Waals surface area (Å²) in [5.41, 5.74) is 5.37. The standard InChI is InChI=1S/C53H106NO8P/c1-3-5-7-9-11-13-15-17-19-20-21-22-23-24-25-26-27-28-29-30-31-32-34-36-38-40-42-44-46-53(56)62-51(50-61-63(57,58)60-48-47-54)49-59-52(55)45-43-41-39-37-35-33-18-16-14-12-10-8-6-4-2/h51H,3-50,54H2,1-2H3,(H,57,58). The highest BCUT2D eigenvalue weighted by molar-refractivity contribution is 7.47. The molecule has 2 unspecified atom stereocenters. The third kappa shape index (κ3) is 50.3. The van der Waals surface area contributed by atoms with Crippen molar-refractivity contribution in [2.24, 2.45) is 5.73 Å². The van der Waals surface area contributed by atoms with E-state index in [0.717, 1.165) is 32.1 Å². The molecule has 3 N–H and O–H groups in total. The van der Waals surface area contributed by atoms with Crippen molar-refractivity contribution < 1.29 is 37.6 Å². The lowest BCUT2D eigenvalue weighted by Crippen LogP contribution is -2.29. The van der Waals surface area contributed by atoms with Gasteiger partial charge in [-0.2, -0.15) is 0 Å². The topological polar surface area (TPSA) is 134 Å². The van der Waals surface area contributed by atoms with Gasteiger partial charge in [0.05, 0.1) is 13.2 Å². The third-order valence-electron chi connectivity index (χ3n) is 12.5. The molecule has 63 heavy (non-hydrogen) atoms. The van der Waals surface area contributed by atoms with E-state index in [1.165, 1.54) is 231 Å². The van der Waals surface area contributed by atoms with Gasteiger partial charge >= 0.3 is 19.8 Å². The number of hydrogen-bond donors (Lipinski definition) is 2. The van der Waals surface area contributed by atoms with Gasteiger partial charge in [-0.25, -0.2) is 4.57 Å². The average molecular weight is 916 g/mol. The van der Waals surface area contributed by atoms with Crippen molar-refractivity contribution in [1.29, 1.82) is 0 Å². The largest absolute Gasteiger partial charge is 0.472 e. The molecule has 0 aromatic carbocycles. The fraction of sp³-hybridized carbons (Fsp3) is 0.962. The van der Waals surface area contributed by atoms with Crippen LogP contribution in [0.15, 0.2) is 0 Å². The van der Waals surface area contributed by atoms with Crippen LogP contribution in [0.1, 0.15) is 296 Å². The van der Waals surface area contributed by atoms with Gasteiger partial charge in [-0.3, -0.25) is 18.6 Å². The van der Waals surface area contributed by atoms with Crippen molar-refractivity contribution >= 4 is 19.8 Å². The van der Waals surface area contributed by atoms with Gasteiger partial charge in [0.2, 0.25) is 0 Å². The van der Waals surface area contributed by atoms with Gasteiger partial charge < -0.3 is 20.1 Å². The molecule has 10 heteroatoms. The summed E-state index contributed by atoms with van der Waals surface area (Å²) in [6.07, 6.45) is 54.5. The summed E-state index contributed by atoms with van der Waals surface area (Å²) in [5.74, 6) is -0.806. The van der Waals surface area contributed by atoms with Crippen LogP contribution < -0.4 is 5.73 Å². The molecular formula is C53H106NO8P. The Balaban J connectivity index is 3.87. The maximum absolute atomic E-state index is 12.7. The molecular weight excluding hydrogens is 810 g/mol. The highest BCUT2D eigenvalue weighted by atomic mass is 31.2. The summed E-state index contributed by atoms with van der Waals surface area (Å²) in [7, 11) is -4.37. The first-order chi connectivity index (χ1) is 30.8. The number of unbranched alkanes of at least 4 members (excludes halogenated alkanes) is 40. The predicted molar refractivity (Wildman–Crippen MR) is 266 cm³/mol. The Morgan fingerprint density at radius 1 is 0.413 bits per heavy atom. The summed E-state index contributed by atoms with van der Waals surface area (Å²) in [5, 5.41) is 0. The highest BCUT2D eigenvalue weighted by Gasteiger charge is 2.26. The molecule has 0 aliphatic rings. The number of hydrogen-bond acceptors (Lipinski definition) is 8. The van der Waals surface area contributed by atoms with Crippen LogP contribution in [0.25, 0.3) is 0 Å². The Labute approximate surface area is 390 Å². The number of carbonyl (C=O) groups excluding carboxylic acids is 2. The maximum Gasteiger partial charge on any atom is 0.472 e. The third-order valence-corrected chi connectivity index (χ3v) is 13.5. The summed E-state index contributed by atoms with van der Waals surface area (Å²) in [6, 6.07) is 0. The second kappa shape index (κ2) is 50.4. The molecule has 2 atom stereocenters. The van der Waals surface area contributed by atoms with E-state index in [1.807, 2.05) is 0 Å². The van der Waals surface area contributed by atoms with E-state index < -0.39 is 26.5 Å². The van der Waals surface area contributed by atoms with Crippen molar-refractivity contribution in [3.05, 3.63) is 0 Å². The number of phosphoric ester groups is 1. The quantitative estimate of drug-likeness (QED) is 0.0347. The molecule has 0 rings (SSSR count). The Hall–Kier alpha value is -0.990. The second-order valence-corrected chi connectivity index (χ2v) is 20.3. The molecule has 0 fully saturated rings. The predicted octanol–water partition coefficient (Wildman–Crippen LogP) is 16.7. The van der Waals surface area contributed by atoms with E-state index in [9.17, 15) is 19.0 Å². The van der Waals surface area contributed by atoms with Gasteiger partial charge in [0, 0.05) is 19.4 Å². The monoisotopic (exact) mass is 916 g/mol. The number of nitrogens with two attached hydrogens (primary N) is 1. The fourth-order valence-electron chi connectivity index (χ4n) is 8.40. The Kier molecular flexibility index (Phi) is 49.6. The van der Waals surface area contributed by atoms with E-state index in [-0.39, 0.29) is 38.6 Å². The van der Waals surface area contributed by atoms with Gasteiger partial charge in [0.25, 0.3) is 0 Å².